The van der Waals surface area contributed by atoms with Crippen LogP contribution in [0, 0.1) is 0 Å². The van der Waals surface area contributed by atoms with Crippen molar-refractivity contribution >= 4 is 18.0 Å². The van der Waals surface area contributed by atoms with Gasteiger partial charge in [-0.25, -0.2) is 5.43 Å². The highest BCUT2D eigenvalue weighted by Gasteiger charge is 2.12. The molecule has 3 aromatic carbocycles. The van der Waals surface area contributed by atoms with Crippen molar-refractivity contribution in [2.75, 3.05) is 6.61 Å². The van der Waals surface area contributed by atoms with Crippen molar-refractivity contribution in [2.45, 2.75) is 20.1 Å². The van der Waals surface area contributed by atoms with Crippen molar-refractivity contribution in [3.05, 3.63) is 95.6 Å². The highest BCUT2D eigenvalue weighted by Crippen LogP contribution is 2.28. The maximum atomic E-state index is 11.9. The highest BCUT2D eigenvalue weighted by molar-refractivity contribution is 6.35. The topological polar surface area (TPSA) is 89.0 Å². The van der Waals surface area contributed by atoms with Gasteiger partial charge in [0.05, 0.1) is 12.8 Å². The number of carbonyl (C=O) groups is 2. The van der Waals surface area contributed by atoms with Crippen LogP contribution in [0.4, 0.5) is 0 Å². The van der Waals surface area contributed by atoms with Crippen molar-refractivity contribution in [1.82, 2.24) is 10.7 Å². The van der Waals surface area contributed by atoms with E-state index in [1.165, 1.54) is 6.21 Å². The molecule has 2 amide bonds. The Morgan fingerprint density at radius 1 is 0.844 bits per heavy atom. The van der Waals surface area contributed by atoms with E-state index >= 15 is 0 Å². The first-order valence-electron chi connectivity index (χ1n) is 10.2. The van der Waals surface area contributed by atoms with Crippen molar-refractivity contribution in [2.24, 2.45) is 5.10 Å². The second-order valence-corrected chi connectivity index (χ2v) is 6.78. The number of hydrazone groups is 1. The lowest BCUT2D eigenvalue weighted by molar-refractivity contribution is -0.139. The Morgan fingerprint density at radius 3 is 2.22 bits per heavy atom. The summed E-state index contributed by atoms with van der Waals surface area (Å²) >= 11 is 0. The molecule has 0 unspecified atom stereocenters. The third-order valence-electron chi connectivity index (χ3n) is 4.39. The fraction of sp³-hybridized carbons (Fsp3) is 0.160. The molecule has 0 heterocycles. The molecule has 0 bridgehead atoms. The molecule has 0 saturated heterocycles. The molecule has 3 aromatic rings. The lowest BCUT2D eigenvalue weighted by Gasteiger charge is -2.12. The summed E-state index contributed by atoms with van der Waals surface area (Å²) in [5.74, 6) is -0.424. The molecule has 0 spiro atoms. The van der Waals surface area contributed by atoms with E-state index in [2.05, 4.69) is 15.8 Å². The number of hydrogen-bond donors (Lipinski definition) is 2. The number of nitrogens with one attached hydrogen (secondary N) is 2. The predicted octanol–water partition coefficient (Wildman–Crippen LogP) is 3.43. The number of ether oxygens (including phenoxy) is 2. The summed E-state index contributed by atoms with van der Waals surface area (Å²) in [6.45, 7) is 3.04. The third-order valence-corrected chi connectivity index (χ3v) is 4.39. The van der Waals surface area contributed by atoms with Crippen LogP contribution in [0.15, 0.2) is 84.0 Å². The number of benzene rings is 3. The SMILES string of the molecule is CCOc1cc(/C=N\NC(=O)C(=O)NCc2ccccc2)ccc1OCc1ccccc1. The van der Waals surface area contributed by atoms with Crippen LogP contribution in [0.1, 0.15) is 23.6 Å². The Bertz CT molecular complexity index is 1050. The number of carbonyl (C=O) groups excluding carboxylic acids is 2. The maximum Gasteiger partial charge on any atom is 0.329 e. The second-order valence-electron chi connectivity index (χ2n) is 6.78. The summed E-state index contributed by atoms with van der Waals surface area (Å²) in [7, 11) is 0. The average Bonchev–Trinajstić information content (AvgIpc) is 2.83. The largest absolute Gasteiger partial charge is 0.490 e. The Hall–Kier alpha value is -4.13. The monoisotopic (exact) mass is 431 g/mol. The zero-order valence-electron chi connectivity index (χ0n) is 17.8. The van der Waals surface area contributed by atoms with Crippen molar-refractivity contribution < 1.29 is 19.1 Å². The third kappa shape index (κ3) is 6.98. The molecule has 0 fully saturated rings. The van der Waals surface area contributed by atoms with Crippen molar-refractivity contribution in [3.63, 3.8) is 0 Å². The number of nitrogens with zero attached hydrogens (tertiary/aromatic N) is 1. The van der Waals surface area contributed by atoms with Crippen molar-refractivity contribution in [3.8, 4) is 11.5 Å². The van der Waals surface area contributed by atoms with Crippen molar-refractivity contribution in [1.29, 1.82) is 0 Å². The molecule has 0 aliphatic carbocycles. The minimum atomic E-state index is -0.843. The fourth-order valence-corrected chi connectivity index (χ4v) is 2.80. The summed E-state index contributed by atoms with van der Waals surface area (Å²) in [6, 6.07) is 24.5. The fourth-order valence-electron chi connectivity index (χ4n) is 2.80. The standard InChI is InChI=1S/C25H25N3O4/c1-2-31-23-15-21(13-14-22(23)32-18-20-11-7-4-8-12-20)17-27-28-25(30)24(29)26-16-19-9-5-3-6-10-19/h3-15,17H,2,16,18H2,1H3,(H,26,29)(H,28,30)/b27-17-. The molecule has 0 aliphatic rings. The van der Waals surface area contributed by atoms with Crippen LogP contribution in [-0.4, -0.2) is 24.6 Å². The number of rotatable bonds is 9. The summed E-state index contributed by atoms with van der Waals surface area (Å²) in [4.78, 5) is 23.8. The normalized spacial score (nSPS) is 10.5. The number of hydrogen-bond acceptors (Lipinski definition) is 5. The van der Waals surface area contributed by atoms with Gasteiger partial charge in [0.1, 0.15) is 6.61 Å². The molecule has 164 valence electrons. The summed E-state index contributed by atoms with van der Waals surface area (Å²) in [6.07, 6.45) is 1.44. The molecule has 0 radical (unpaired) electrons. The van der Waals surface area contributed by atoms with E-state index in [4.69, 9.17) is 9.47 Å². The summed E-state index contributed by atoms with van der Waals surface area (Å²) in [5.41, 5.74) is 4.86. The Balaban J connectivity index is 1.54. The average molecular weight is 431 g/mol. The lowest BCUT2D eigenvalue weighted by Crippen LogP contribution is -2.37. The van der Waals surface area contributed by atoms with E-state index in [0.29, 0.717) is 30.3 Å². The van der Waals surface area contributed by atoms with Crippen LogP contribution >= 0.6 is 0 Å². The highest BCUT2D eigenvalue weighted by atomic mass is 16.5. The van der Waals surface area contributed by atoms with E-state index in [1.807, 2.05) is 67.6 Å². The van der Waals surface area contributed by atoms with Gasteiger partial charge < -0.3 is 14.8 Å². The van der Waals surface area contributed by atoms with Gasteiger partial charge >= 0.3 is 11.8 Å². The number of amides is 2. The predicted molar refractivity (Wildman–Crippen MR) is 122 cm³/mol. The molecule has 2 N–H and O–H groups in total. The van der Waals surface area contributed by atoms with E-state index in [1.54, 1.807) is 18.2 Å². The van der Waals surface area contributed by atoms with Gasteiger partial charge in [-0.15, -0.1) is 0 Å². The first kappa shape index (κ1) is 22.6. The molecule has 32 heavy (non-hydrogen) atoms. The second kappa shape index (κ2) is 11.9. The first-order valence-corrected chi connectivity index (χ1v) is 10.2. The maximum absolute atomic E-state index is 11.9. The van der Waals surface area contributed by atoms with Crippen LogP contribution in [0.2, 0.25) is 0 Å². The van der Waals surface area contributed by atoms with Gasteiger partial charge in [0.2, 0.25) is 0 Å². The van der Waals surface area contributed by atoms with E-state index in [9.17, 15) is 9.59 Å². The summed E-state index contributed by atoms with van der Waals surface area (Å²) in [5, 5.41) is 6.41. The van der Waals surface area contributed by atoms with Gasteiger partial charge in [0.25, 0.3) is 0 Å². The molecule has 0 atom stereocenters. The van der Waals surface area contributed by atoms with Gasteiger partial charge in [0.15, 0.2) is 11.5 Å². The molecular weight excluding hydrogens is 406 g/mol. The molecule has 0 aliphatic heterocycles. The van der Waals surface area contributed by atoms with Gasteiger partial charge in [-0.05, 0) is 41.8 Å². The lowest BCUT2D eigenvalue weighted by atomic mass is 10.2. The molecule has 7 nitrogen and oxygen atoms in total. The Labute approximate surface area is 187 Å². The van der Waals surface area contributed by atoms with E-state index in [0.717, 1.165) is 11.1 Å². The van der Waals surface area contributed by atoms with Crippen LogP contribution in [0.3, 0.4) is 0 Å². The Morgan fingerprint density at radius 2 is 1.53 bits per heavy atom. The zero-order chi connectivity index (χ0) is 22.6. The minimum Gasteiger partial charge on any atom is -0.490 e. The van der Waals surface area contributed by atoms with Crippen LogP contribution in [0.5, 0.6) is 11.5 Å². The molecule has 7 heteroatoms. The van der Waals surface area contributed by atoms with Gasteiger partial charge in [0, 0.05) is 6.54 Å². The van der Waals surface area contributed by atoms with Gasteiger partial charge in [-0.1, -0.05) is 60.7 Å². The Kier molecular flexibility index (Phi) is 8.39. The van der Waals surface area contributed by atoms with E-state index < -0.39 is 11.8 Å². The summed E-state index contributed by atoms with van der Waals surface area (Å²) < 4.78 is 11.5. The van der Waals surface area contributed by atoms with Crippen LogP contribution in [-0.2, 0) is 22.7 Å². The van der Waals surface area contributed by atoms with Crippen LogP contribution < -0.4 is 20.2 Å². The zero-order valence-corrected chi connectivity index (χ0v) is 17.8. The smallest absolute Gasteiger partial charge is 0.329 e. The molecular formula is C25H25N3O4. The molecule has 0 aromatic heterocycles. The minimum absolute atomic E-state index is 0.263. The molecule has 3 rings (SSSR count). The van der Waals surface area contributed by atoms with Crippen LogP contribution in [0.25, 0.3) is 0 Å². The quantitative estimate of drug-likeness (QED) is 0.309. The first-order chi connectivity index (χ1) is 15.7. The molecule has 0 saturated carbocycles. The van der Waals surface area contributed by atoms with E-state index in [-0.39, 0.29) is 6.54 Å². The van der Waals surface area contributed by atoms with Gasteiger partial charge in [-0.3, -0.25) is 9.59 Å². The van der Waals surface area contributed by atoms with Gasteiger partial charge in [-0.2, -0.15) is 5.10 Å².